The Bertz CT molecular complexity index is 204. The smallest absolute Gasteiger partial charge is 0.234 e. The van der Waals surface area contributed by atoms with Crippen LogP contribution in [0, 0.1) is 5.92 Å². The van der Waals surface area contributed by atoms with Crippen molar-refractivity contribution in [1.29, 1.82) is 0 Å². The van der Waals surface area contributed by atoms with Crippen LogP contribution in [0.4, 0.5) is 0 Å². The van der Waals surface area contributed by atoms with E-state index in [0.717, 1.165) is 26.1 Å². The summed E-state index contributed by atoms with van der Waals surface area (Å²) in [5.41, 5.74) is 5.44. The van der Waals surface area contributed by atoms with Crippen molar-refractivity contribution in [2.45, 2.75) is 33.2 Å². The van der Waals surface area contributed by atoms with Crippen LogP contribution in [-0.4, -0.2) is 55.5 Å². The zero-order chi connectivity index (χ0) is 12.7. The topological polar surface area (TPSA) is 49.6 Å². The summed E-state index contributed by atoms with van der Waals surface area (Å²) in [6.45, 7) is 9.11. The van der Waals surface area contributed by atoms with E-state index in [0.29, 0.717) is 5.92 Å². The van der Waals surface area contributed by atoms with Crippen LogP contribution in [0.5, 0.6) is 0 Å². The van der Waals surface area contributed by atoms with Gasteiger partial charge in [0.05, 0.1) is 6.04 Å². The lowest BCUT2D eigenvalue weighted by Gasteiger charge is -2.31. The molecule has 0 bridgehead atoms. The molecule has 4 heteroatoms. The molecule has 0 saturated heterocycles. The van der Waals surface area contributed by atoms with Crippen LogP contribution < -0.4 is 5.73 Å². The third-order valence-corrected chi connectivity index (χ3v) is 2.59. The number of amides is 1. The zero-order valence-electron chi connectivity index (χ0n) is 11.4. The monoisotopic (exact) mass is 229 g/mol. The van der Waals surface area contributed by atoms with Crippen molar-refractivity contribution in [3.63, 3.8) is 0 Å². The van der Waals surface area contributed by atoms with E-state index < -0.39 is 0 Å². The summed E-state index contributed by atoms with van der Waals surface area (Å²) < 4.78 is 0. The summed E-state index contributed by atoms with van der Waals surface area (Å²) in [5, 5.41) is 0. The van der Waals surface area contributed by atoms with Gasteiger partial charge in [0, 0.05) is 19.6 Å². The van der Waals surface area contributed by atoms with E-state index >= 15 is 0 Å². The van der Waals surface area contributed by atoms with Crippen LogP contribution in [0.1, 0.15) is 27.2 Å². The second kappa shape index (κ2) is 7.63. The lowest BCUT2D eigenvalue weighted by Crippen LogP contribution is -2.48. The van der Waals surface area contributed by atoms with Crippen molar-refractivity contribution in [1.82, 2.24) is 9.80 Å². The number of nitrogens with two attached hydrogens (primary N) is 1. The van der Waals surface area contributed by atoms with E-state index in [-0.39, 0.29) is 11.9 Å². The van der Waals surface area contributed by atoms with E-state index in [9.17, 15) is 4.79 Å². The van der Waals surface area contributed by atoms with E-state index in [1.165, 1.54) is 0 Å². The Morgan fingerprint density at radius 1 is 1.25 bits per heavy atom. The molecule has 96 valence electrons. The molecule has 0 rings (SSSR count). The molecule has 4 nitrogen and oxygen atoms in total. The molecule has 1 atom stereocenters. The molecule has 0 fully saturated rings. The molecule has 0 aliphatic heterocycles. The van der Waals surface area contributed by atoms with Gasteiger partial charge in [0.25, 0.3) is 0 Å². The highest BCUT2D eigenvalue weighted by atomic mass is 16.1. The van der Waals surface area contributed by atoms with Crippen LogP contribution in [0.2, 0.25) is 0 Å². The fraction of sp³-hybridized carbons (Fsp3) is 0.917. The lowest BCUT2D eigenvalue weighted by atomic mass is 10.1. The number of rotatable bonds is 8. The first kappa shape index (κ1) is 15.4. The first-order valence-electron chi connectivity index (χ1n) is 6.06. The molecule has 0 aliphatic carbocycles. The van der Waals surface area contributed by atoms with Gasteiger partial charge in [0.2, 0.25) is 5.91 Å². The molecule has 1 unspecified atom stereocenters. The molecule has 0 spiro atoms. The third kappa shape index (κ3) is 6.08. The number of carbonyl (C=O) groups excluding carboxylic acids is 1. The molecule has 0 aromatic rings. The summed E-state index contributed by atoms with van der Waals surface area (Å²) in [7, 11) is 4.08. The summed E-state index contributed by atoms with van der Waals surface area (Å²) in [6, 6.07) is -0.123. The molecule has 2 N–H and O–H groups in total. The van der Waals surface area contributed by atoms with Crippen molar-refractivity contribution in [3.05, 3.63) is 0 Å². The van der Waals surface area contributed by atoms with Crippen molar-refractivity contribution in [2.24, 2.45) is 11.7 Å². The van der Waals surface area contributed by atoms with E-state index in [4.69, 9.17) is 5.73 Å². The average molecular weight is 229 g/mol. The van der Waals surface area contributed by atoms with Gasteiger partial charge in [-0.15, -0.1) is 0 Å². The van der Waals surface area contributed by atoms with Gasteiger partial charge in [0.1, 0.15) is 0 Å². The second-order valence-corrected chi connectivity index (χ2v) is 5.02. The number of hydrogen-bond donors (Lipinski definition) is 1. The maximum absolute atomic E-state index is 11.4. The predicted molar refractivity (Wildman–Crippen MR) is 68.2 cm³/mol. The number of nitrogens with zero attached hydrogens (tertiary/aromatic N) is 2. The standard InChI is InChI=1S/C12H27N3O/c1-6-11(12(13)16)15(9-10(2)3)8-7-14(4)5/h10-11H,6-9H2,1-5H3,(H2,13,16). The fourth-order valence-electron chi connectivity index (χ4n) is 1.81. The second-order valence-electron chi connectivity index (χ2n) is 5.02. The van der Waals surface area contributed by atoms with Gasteiger partial charge in [0.15, 0.2) is 0 Å². The number of primary amides is 1. The van der Waals surface area contributed by atoms with Crippen molar-refractivity contribution < 1.29 is 4.79 Å². The molecule has 0 aliphatic rings. The summed E-state index contributed by atoms with van der Waals surface area (Å²) in [6.07, 6.45) is 0.787. The normalized spacial score (nSPS) is 13.8. The van der Waals surface area contributed by atoms with Crippen molar-refractivity contribution in [2.75, 3.05) is 33.7 Å². The van der Waals surface area contributed by atoms with Gasteiger partial charge >= 0.3 is 0 Å². The van der Waals surface area contributed by atoms with Gasteiger partial charge in [-0.25, -0.2) is 0 Å². The SMILES string of the molecule is CCC(C(N)=O)N(CCN(C)C)CC(C)C. The van der Waals surface area contributed by atoms with Gasteiger partial charge in [-0.3, -0.25) is 9.69 Å². The molecule has 0 aromatic heterocycles. The molecule has 0 radical (unpaired) electrons. The molecule has 0 saturated carbocycles. The van der Waals surface area contributed by atoms with Gasteiger partial charge in [-0.1, -0.05) is 20.8 Å². The van der Waals surface area contributed by atoms with Crippen molar-refractivity contribution >= 4 is 5.91 Å². The molecule has 1 amide bonds. The first-order valence-corrected chi connectivity index (χ1v) is 6.06. The van der Waals surface area contributed by atoms with Crippen LogP contribution in [-0.2, 0) is 4.79 Å². The highest BCUT2D eigenvalue weighted by Crippen LogP contribution is 2.07. The number of likely N-dealkylation sites (N-methyl/N-ethyl adjacent to an activating group) is 1. The molecular formula is C12H27N3O. The number of hydrogen-bond acceptors (Lipinski definition) is 3. The van der Waals surface area contributed by atoms with Crippen LogP contribution >= 0.6 is 0 Å². The van der Waals surface area contributed by atoms with Crippen molar-refractivity contribution in [3.8, 4) is 0 Å². The Morgan fingerprint density at radius 3 is 2.12 bits per heavy atom. The minimum Gasteiger partial charge on any atom is -0.368 e. The molecule has 16 heavy (non-hydrogen) atoms. The highest BCUT2D eigenvalue weighted by molar-refractivity contribution is 5.79. The van der Waals surface area contributed by atoms with Gasteiger partial charge < -0.3 is 10.6 Å². The van der Waals surface area contributed by atoms with E-state index in [1.54, 1.807) is 0 Å². The largest absolute Gasteiger partial charge is 0.368 e. The van der Waals surface area contributed by atoms with Gasteiger partial charge in [-0.2, -0.15) is 0 Å². The van der Waals surface area contributed by atoms with Gasteiger partial charge in [-0.05, 0) is 26.4 Å². The summed E-state index contributed by atoms with van der Waals surface area (Å²) in [4.78, 5) is 15.7. The van der Waals surface area contributed by atoms with Crippen LogP contribution in [0.3, 0.4) is 0 Å². The van der Waals surface area contributed by atoms with Crippen LogP contribution in [0.25, 0.3) is 0 Å². The minimum absolute atomic E-state index is 0.123. The Balaban J connectivity index is 4.43. The zero-order valence-corrected chi connectivity index (χ0v) is 11.4. The first-order chi connectivity index (χ1) is 7.38. The van der Waals surface area contributed by atoms with E-state index in [1.807, 2.05) is 21.0 Å². The fourth-order valence-corrected chi connectivity index (χ4v) is 1.81. The average Bonchev–Trinajstić information content (AvgIpc) is 2.13. The Hall–Kier alpha value is -0.610. The predicted octanol–water partition coefficient (Wildman–Crippen LogP) is 0.770. The van der Waals surface area contributed by atoms with E-state index in [2.05, 4.69) is 23.6 Å². The summed E-state index contributed by atoms with van der Waals surface area (Å²) >= 11 is 0. The summed E-state index contributed by atoms with van der Waals surface area (Å²) in [5.74, 6) is 0.345. The quantitative estimate of drug-likeness (QED) is 0.669. The molecular weight excluding hydrogens is 202 g/mol. The van der Waals surface area contributed by atoms with Crippen LogP contribution in [0.15, 0.2) is 0 Å². The minimum atomic E-state index is -0.207. The molecule has 0 heterocycles. The lowest BCUT2D eigenvalue weighted by molar-refractivity contribution is -0.123. The Morgan fingerprint density at radius 2 is 1.81 bits per heavy atom. The Kier molecular flexibility index (Phi) is 7.34. The number of carbonyl (C=O) groups is 1. The third-order valence-electron chi connectivity index (χ3n) is 2.59. The maximum Gasteiger partial charge on any atom is 0.234 e. The maximum atomic E-state index is 11.4. The highest BCUT2D eigenvalue weighted by Gasteiger charge is 2.22. The molecule has 0 aromatic carbocycles. The Labute approximate surface area is 99.8 Å².